The molecule has 2 amide bonds. The molecule has 0 unspecified atom stereocenters. The van der Waals surface area contributed by atoms with Gasteiger partial charge < -0.3 is 10.2 Å². The van der Waals surface area contributed by atoms with E-state index in [9.17, 15) is 19.7 Å². The number of benzene rings is 2. The van der Waals surface area contributed by atoms with Crippen LogP contribution in [0.5, 0.6) is 0 Å². The fourth-order valence-electron chi connectivity index (χ4n) is 2.85. The number of hydrogen-bond donors (Lipinski definition) is 1. The van der Waals surface area contributed by atoms with Crippen LogP contribution in [0.2, 0.25) is 5.02 Å². The van der Waals surface area contributed by atoms with Gasteiger partial charge in [-0.05, 0) is 36.8 Å². The fraction of sp³-hybridized carbons (Fsp3) is 0.222. The molecule has 1 aliphatic rings. The van der Waals surface area contributed by atoms with Crippen LogP contribution in [0.15, 0.2) is 42.5 Å². The molecule has 0 radical (unpaired) electrons. The van der Waals surface area contributed by atoms with Gasteiger partial charge in [-0.3, -0.25) is 19.7 Å². The number of aryl methyl sites for hydroxylation is 1. The second-order valence-electron chi connectivity index (χ2n) is 6.13. The average Bonchev–Trinajstić information content (AvgIpc) is 2.99. The van der Waals surface area contributed by atoms with Gasteiger partial charge in [0.05, 0.1) is 16.5 Å². The van der Waals surface area contributed by atoms with Crippen molar-refractivity contribution in [2.45, 2.75) is 13.3 Å². The third-order valence-electron chi connectivity index (χ3n) is 4.32. The zero-order valence-electron chi connectivity index (χ0n) is 13.9. The Labute approximate surface area is 154 Å². The first-order valence-corrected chi connectivity index (χ1v) is 8.35. The van der Waals surface area contributed by atoms with Gasteiger partial charge in [0.2, 0.25) is 11.8 Å². The number of carbonyl (C=O) groups excluding carboxylic acids is 2. The lowest BCUT2D eigenvalue weighted by Crippen LogP contribution is -2.28. The highest BCUT2D eigenvalue weighted by Gasteiger charge is 2.35. The fourth-order valence-corrected chi connectivity index (χ4v) is 2.97. The molecule has 0 spiro atoms. The van der Waals surface area contributed by atoms with Crippen molar-refractivity contribution in [3.63, 3.8) is 0 Å². The van der Waals surface area contributed by atoms with E-state index in [0.717, 1.165) is 0 Å². The maximum Gasteiger partial charge on any atom is 0.271 e. The topological polar surface area (TPSA) is 92.5 Å². The number of nitrogens with zero attached hydrogens (tertiary/aromatic N) is 2. The number of hydrogen-bond acceptors (Lipinski definition) is 4. The average molecular weight is 374 g/mol. The van der Waals surface area contributed by atoms with Crippen molar-refractivity contribution in [2.24, 2.45) is 5.92 Å². The van der Waals surface area contributed by atoms with Gasteiger partial charge in [-0.1, -0.05) is 17.7 Å². The number of halogens is 1. The molecule has 2 aromatic rings. The van der Waals surface area contributed by atoms with Crippen LogP contribution in [0.1, 0.15) is 12.0 Å². The van der Waals surface area contributed by atoms with Crippen molar-refractivity contribution in [3.05, 3.63) is 63.2 Å². The van der Waals surface area contributed by atoms with E-state index in [2.05, 4.69) is 5.32 Å². The van der Waals surface area contributed by atoms with E-state index >= 15 is 0 Å². The van der Waals surface area contributed by atoms with Gasteiger partial charge in [0.25, 0.3) is 5.69 Å². The minimum Gasteiger partial charge on any atom is -0.325 e. The summed E-state index contributed by atoms with van der Waals surface area (Å²) < 4.78 is 0. The van der Waals surface area contributed by atoms with Crippen LogP contribution in [0.25, 0.3) is 0 Å². The number of non-ortho nitro benzene ring substituents is 1. The van der Waals surface area contributed by atoms with Crippen LogP contribution in [0.3, 0.4) is 0 Å². The zero-order chi connectivity index (χ0) is 18.8. The van der Waals surface area contributed by atoms with Crippen LogP contribution in [0, 0.1) is 23.0 Å². The monoisotopic (exact) mass is 373 g/mol. The summed E-state index contributed by atoms with van der Waals surface area (Å²) >= 11 is 5.86. The molecule has 26 heavy (non-hydrogen) atoms. The van der Waals surface area contributed by atoms with Gasteiger partial charge >= 0.3 is 0 Å². The molecule has 8 heteroatoms. The largest absolute Gasteiger partial charge is 0.325 e. The van der Waals surface area contributed by atoms with Crippen molar-refractivity contribution >= 4 is 40.5 Å². The molecule has 1 heterocycles. The molecule has 0 bridgehead atoms. The Kier molecular flexibility index (Phi) is 4.90. The van der Waals surface area contributed by atoms with Crippen molar-refractivity contribution in [2.75, 3.05) is 16.8 Å². The highest BCUT2D eigenvalue weighted by atomic mass is 35.5. The smallest absolute Gasteiger partial charge is 0.271 e. The molecule has 134 valence electrons. The first-order valence-electron chi connectivity index (χ1n) is 7.97. The Bertz CT molecular complexity index is 883. The van der Waals surface area contributed by atoms with E-state index in [1.807, 2.05) is 0 Å². The molecule has 1 saturated heterocycles. The van der Waals surface area contributed by atoms with Gasteiger partial charge in [-0.15, -0.1) is 0 Å². The lowest BCUT2D eigenvalue weighted by molar-refractivity contribution is -0.384. The third kappa shape index (κ3) is 3.67. The van der Waals surface area contributed by atoms with Crippen LogP contribution in [-0.2, 0) is 9.59 Å². The van der Waals surface area contributed by atoms with Crippen molar-refractivity contribution in [1.29, 1.82) is 0 Å². The van der Waals surface area contributed by atoms with Gasteiger partial charge in [-0.2, -0.15) is 0 Å². The molecule has 1 aliphatic heterocycles. The maximum absolute atomic E-state index is 12.5. The van der Waals surface area contributed by atoms with E-state index in [1.165, 1.54) is 12.1 Å². The minimum absolute atomic E-state index is 0.0857. The molecule has 1 fully saturated rings. The Hall–Kier alpha value is -2.93. The number of anilines is 2. The molecule has 7 nitrogen and oxygen atoms in total. The Morgan fingerprint density at radius 2 is 1.96 bits per heavy atom. The predicted molar refractivity (Wildman–Crippen MR) is 98.4 cm³/mol. The standard InChI is InChI=1S/C18H16ClN3O4/c1-11-2-5-15(22(25)26)9-16(11)20-18(24)12-8-17(23)21(10-12)14-6-3-13(19)4-7-14/h2-7,9,12H,8,10H2,1H3,(H,20,24)/t12-/m1/s1. The quantitative estimate of drug-likeness (QED) is 0.655. The third-order valence-corrected chi connectivity index (χ3v) is 4.58. The highest BCUT2D eigenvalue weighted by Crippen LogP contribution is 2.28. The van der Waals surface area contributed by atoms with Gasteiger partial charge in [0.15, 0.2) is 0 Å². The minimum atomic E-state index is -0.531. The summed E-state index contributed by atoms with van der Waals surface area (Å²) in [4.78, 5) is 36.7. The van der Waals surface area contributed by atoms with E-state index in [0.29, 0.717) is 22.0 Å². The molecule has 1 atom stereocenters. The first-order chi connectivity index (χ1) is 12.3. The van der Waals surface area contributed by atoms with E-state index in [4.69, 9.17) is 11.6 Å². The second kappa shape index (κ2) is 7.13. The Morgan fingerprint density at radius 1 is 1.27 bits per heavy atom. The molecular formula is C18H16ClN3O4. The summed E-state index contributed by atoms with van der Waals surface area (Å²) in [5, 5.41) is 14.2. The van der Waals surface area contributed by atoms with Crippen molar-refractivity contribution in [3.8, 4) is 0 Å². The van der Waals surface area contributed by atoms with Gasteiger partial charge in [0.1, 0.15) is 0 Å². The van der Waals surface area contributed by atoms with Crippen LogP contribution < -0.4 is 10.2 Å². The summed E-state index contributed by atoms with van der Waals surface area (Å²) in [5.41, 5.74) is 1.67. The Balaban J connectivity index is 1.73. The van der Waals surface area contributed by atoms with Crippen LogP contribution in [-0.4, -0.2) is 23.3 Å². The molecule has 1 N–H and O–H groups in total. The lowest BCUT2D eigenvalue weighted by Gasteiger charge is -2.17. The van der Waals surface area contributed by atoms with E-state index < -0.39 is 10.8 Å². The van der Waals surface area contributed by atoms with E-state index in [1.54, 1.807) is 42.2 Å². The van der Waals surface area contributed by atoms with Crippen molar-refractivity contribution in [1.82, 2.24) is 0 Å². The second-order valence-corrected chi connectivity index (χ2v) is 6.56. The first kappa shape index (κ1) is 17.9. The number of amides is 2. The Morgan fingerprint density at radius 3 is 2.62 bits per heavy atom. The van der Waals surface area contributed by atoms with Gasteiger partial charge in [-0.25, -0.2) is 0 Å². The molecule has 3 rings (SSSR count). The summed E-state index contributed by atoms with van der Waals surface area (Å²) in [5.74, 6) is -1.02. The molecule has 0 saturated carbocycles. The van der Waals surface area contributed by atoms with Gasteiger partial charge in [0, 0.05) is 35.8 Å². The summed E-state index contributed by atoms with van der Waals surface area (Å²) in [6, 6.07) is 11.1. The summed E-state index contributed by atoms with van der Waals surface area (Å²) in [6.45, 7) is 2.00. The molecule has 0 aromatic heterocycles. The van der Waals surface area contributed by atoms with Crippen LogP contribution >= 0.6 is 11.6 Å². The molecule has 2 aromatic carbocycles. The SMILES string of the molecule is Cc1ccc([N+](=O)[O-])cc1NC(=O)[C@@H]1CC(=O)N(c2ccc(Cl)cc2)C1. The number of rotatable bonds is 4. The predicted octanol–water partition coefficient (Wildman–Crippen LogP) is 3.55. The number of nitrogens with one attached hydrogen (secondary N) is 1. The normalized spacial score (nSPS) is 16.6. The summed E-state index contributed by atoms with van der Waals surface area (Å²) in [6.07, 6.45) is 0.0857. The van der Waals surface area contributed by atoms with Crippen molar-refractivity contribution < 1.29 is 14.5 Å². The molecular weight excluding hydrogens is 358 g/mol. The highest BCUT2D eigenvalue weighted by molar-refractivity contribution is 6.30. The summed E-state index contributed by atoms with van der Waals surface area (Å²) in [7, 11) is 0. The lowest BCUT2D eigenvalue weighted by atomic mass is 10.1. The van der Waals surface area contributed by atoms with E-state index in [-0.39, 0.29) is 30.5 Å². The van der Waals surface area contributed by atoms with Crippen LogP contribution in [0.4, 0.5) is 17.1 Å². The number of nitro groups is 1. The number of nitro benzene ring substituents is 1. The number of carbonyl (C=O) groups is 2. The zero-order valence-corrected chi connectivity index (χ0v) is 14.7. The maximum atomic E-state index is 12.5. The molecule has 0 aliphatic carbocycles.